The van der Waals surface area contributed by atoms with Crippen LogP contribution in [0.3, 0.4) is 0 Å². The van der Waals surface area contributed by atoms with E-state index in [9.17, 15) is 9.59 Å². The first kappa shape index (κ1) is 15.4. The van der Waals surface area contributed by atoms with Crippen molar-refractivity contribution in [3.63, 3.8) is 0 Å². The topological polar surface area (TPSA) is 62.3 Å². The molecule has 1 N–H and O–H groups in total. The molecular formula is C18H18ClN3O2. The number of fused-ring (bicyclic) bond motifs is 1. The fourth-order valence-corrected chi connectivity index (χ4v) is 3.94. The molecule has 0 atom stereocenters. The number of halogens is 1. The molecule has 0 bridgehead atoms. The lowest BCUT2D eigenvalue weighted by atomic mass is 9.82. The zero-order valence-electron chi connectivity index (χ0n) is 13.2. The lowest BCUT2D eigenvalue weighted by molar-refractivity contribution is -0.132. The maximum Gasteiger partial charge on any atom is 0.325 e. The molecule has 1 aliphatic heterocycles. The number of rotatable bonds is 2. The molecule has 5 nitrogen and oxygen atoms in total. The molecular weight excluding hydrogens is 326 g/mol. The minimum absolute atomic E-state index is 0.128. The summed E-state index contributed by atoms with van der Waals surface area (Å²) in [5.41, 5.74) is 0.783. The van der Waals surface area contributed by atoms with E-state index in [4.69, 9.17) is 11.6 Å². The van der Waals surface area contributed by atoms with Crippen LogP contribution in [0.5, 0.6) is 0 Å². The van der Waals surface area contributed by atoms with Gasteiger partial charge in [-0.25, -0.2) is 9.78 Å². The quantitative estimate of drug-likeness (QED) is 0.669. The summed E-state index contributed by atoms with van der Waals surface area (Å²) in [6.07, 6.45) is 4.50. The predicted octanol–water partition coefficient (Wildman–Crippen LogP) is 3.64. The van der Waals surface area contributed by atoms with Crippen LogP contribution >= 0.6 is 11.6 Å². The molecule has 1 spiro atoms. The number of hydrogen-bond donors (Lipinski definition) is 1. The summed E-state index contributed by atoms with van der Waals surface area (Å²) < 4.78 is 0. The Labute approximate surface area is 145 Å². The summed E-state index contributed by atoms with van der Waals surface area (Å²) in [4.78, 5) is 30.9. The highest BCUT2D eigenvalue weighted by Crippen LogP contribution is 2.34. The number of hydrogen-bond acceptors (Lipinski definition) is 3. The van der Waals surface area contributed by atoms with Crippen molar-refractivity contribution in [3.05, 3.63) is 41.0 Å². The van der Waals surface area contributed by atoms with Gasteiger partial charge in [0.2, 0.25) is 0 Å². The smallest absolute Gasteiger partial charge is 0.323 e. The van der Waals surface area contributed by atoms with Crippen LogP contribution in [-0.4, -0.2) is 27.4 Å². The minimum atomic E-state index is -0.702. The van der Waals surface area contributed by atoms with Gasteiger partial charge in [-0.15, -0.1) is 0 Å². The number of nitrogens with zero attached hydrogens (tertiary/aromatic N) is 2. The van der Waals surface area contributed by atoms with E-state index in [0.717, 1.165) is 43.0 Å². The first-order chi connectivity index (χ1) is 11.6. The number of amides is 3. The summed E-state index contributed by atoms with van der Waals surface area (Å²) >= 11 is 6.27. The molecule has 2 heterocycles. The lowest BCUT2D eigenvalue weighted by Crippen LogP contribution is -2.48. The molecule has 2 aliphatic rings. The second-order valence-corrected chi connectivity index (χ2v) is 6.95. The summed E-state index contributed by atoms with van der Waals surface area (Å²) in [6, 6.07) is 9.22. The van der Waals surface area contributed by atoms with Crippen LogP contribution in [0.2, 0.25) is 5.15 Å². The first-order valence-electron chi connectivity index (χ1n) is 8.27. The number of pyridine rings is 1. The molecule has 1 saturated carbocycles. The zero-order valence-corrected chi connectivity index (χ0v) is 14.0. The van der Waals surface area contributed by atoms with Gasteiger partial charge >= 0.3 is 6.03 Å². The van der Waals surface area contributed by atoms with E-state index in [1.54, 1.807) is 0 Å². The van der Waals surface area contributed by atoms with Crippen molar-refractivity contribution >= 4 is 34.4 Å². The van der Waals surface area contributed by atoms with Crippen LogP contribution in [0, 0.1) is 0 Å². The van der Waals surface area contributed by atoms with Crippen molar-refractivity contribution in [3.8, 4) is 0 Å². The van der Waals surface area contributed by atoms with Gasteiger partial charge in [-0.1, -0.05) is 49.1 Å². The van der Waals surface area contributed by atoms with Crippen LogP contribution in [-0.2, 0) is 11.3 Å². The van der Waals surface area contributed by atoms with Crippen molar-refractivity contribution in [2.45, 2.75) is 44.2 Å². The Bertz CT molecular complexity index is 830. The van der Waals surface area contributed by atoms with Crippen molar-refractivity contribution in [1.29, 1.82) is 0 Å². The van der Waals surface area contributed by atoms with E-state index in [1.165, 1.54) is 4.90 Å². The number of carbonyl (C=O) groups excluding carboxylic acids is 2. The van der Waals surface area contributed by atoms with E-state index in [0.29, 0.717) is 10.7 Å². The highest BCUT2D eigenvalue weighted by atomic mass is 35.5. The largest absolute Gasteiger partial charge is 0.325 e. The Hall–Kier alpha value is -2.14. The standard InChI is InChI=1S/C18H18ClN3O2/c19-15-13(10-12-6-2-3-7-14(12)20-15)11-22-16(23)18(21-17(22)24)8-4-1-5-9-18/h2-3,6-7,10H,1,4-5,8-9,11H2,(H,21,24). The molecule has 4 rings (SSSR count). The molecule has 3 amide bonds. The molecule has 124 valence electrons. The van der Waals surface area contributed by atoms with Crippen molar-refractivity contribution < 1.29 is 9.59 Å². The van der Waals surface area contributed by atoms with Crippen LogP contribution in [0.1, 0.15) is 37.7 Å². The molecule has 1 saturated heterocycles. The molecule has 1 aromatic heterocycles. The van der Waals surface area contributed by atoms with Gasteiger partial charge in [0, 0.05) is 10.9 Å². The first-order valence-corrected chi connectivity index (χ1v) is 8.65. The zero-order chi connectivity index (χ0) is 16.7. The number of imide groups is 1. The summed E-state index contributed by atoms with van der Waals surface area (Å²) in [5, 5.41) is 4.19. The Kier molecular flexibility index (Phi) is 3.68. The van der Waals surface area contributed by atoms with Gasteiger partial charge < -0.3 is 5.32 Å². The van der Waals surface area contributed by atoms with Gasteiger partial charge in [-0.05, 0) is 25.0 Å². The van der Waals surface area contributed by atoms with Gasteiger partial charge in [0.25, 0.3) is 5.91 Å². The Balaban J connectivity index is 1.64. The highest BCUT2D eigenvalue weighted by Gasteiger charge is 2.51. The molecule has 1 aliphatic carbocycles. The number of nitrogens with one attached hydrogen (secondary N) is 1. The highest BCUT2D eigenvalue weighted by molar-refractivity contribution is 6.30. The third kappa shape index (κ3) is 2.44. The lowest BCUT2D eigenvalue weighted by Gasteiger charge is -2.30. The van der Waals surface area contributed by atoms with Crippen LogP contribution < -0.4 is 5.32 Å². The number of carbonyl (C=O) groups is 2. The average molecular weight is 344 g/mol. The summed E-state index contributed by atoms with van der Waals surface area (Å²) in [6.45, 7) is 0.156. The average Bonchev–Trinajstić information content (AvgIpc) is 2.80. The Morgan fingerprint density at radius 1 is 1.17 bits per heavy atom. The monoisotopic (exact) mass is 343 g/mol. The number of aromatic nitrogens is 1. The van der Waals surface area contributed by atoms with E-state index in [1.807, 2.05) is 30.3 Å². The second kappa shape index (κ2) is 5.74. The third-order valence-electron chi connectivity index (χ3n) is 5.03. The van der Waals surface area contributed by atoms with E-state index in [2.05, 4.69) is 10.3 Å². The van der Waals surface area contributed by atoms with Gasteiger partial charge in [-0.3, -0.25) is 9.69 Å². The molecule has 0 unspecified atom stereocenters. The SMILES string of the molecule is O=C1NC2(CCCCC2)C(=O)N1Cc1cc2ccccc2nc1Cl. The molecule has 2 aromatic rings. The van der Waals surface area contributed by atoms with Gasteiger partial charge in [0.15, 0.2) is 0 Å². The molecule has 6 heteroatoms. The summed E-state index contributed by atoms with van der Waals surface area (Å²) in [5.74, 6) is -0.128. The minimum Gasteiger partial charge on any atom is -0.323 e. The molecule has 24 heavy (non-hydrogen) atoms. The number of urea groups is 1. The molecule has 1 aromatic carbocycles. The van der Waals surface area contributed by atoms with Crippen LogP contribution in [0.15, 0.2) is 30.3 Å². The molecule has 0 radical (unpaired) electrons. The maximum absolute atomic E-state index is 12.9. The number of benzene rings is 1. The normalized spacial score (nSPS) is 20.0. The Morgan fingerprint density at radius 3 is 2.71 bits per heavy atom. The van der Waals surface area contributed by atoms with Crippen molar-refractivity contribution in [1.82, 2.24) is 15.2 Å². The fraction of sp³-hybridized carbons (Fsp3) is 0.389. The van der Waals surface area contributed by atoms with E-state index >= 15 is 0 Å². The predicted molar refractivity (Wildman–Crippen MR) is 91.7 cm³/mol. The van der Waals surface area contributed by atoms with Gasteiger partial charge in [-0.2, -0.15) is 0 Å². The fourth-order valence-electron chi connectivity index (χ4n) is 3.73. The van der Waals surface area contributed by atoms with Crippen LogP contribution in [0.25, 0.3) is 10.9 Å². The number of para-hydroxylation sites is 1. The third-order valence-corrected chi connectivity index (χ3v) is 5.36. The Morgan fingerprint density at radius 2 is 1.92 bits per heavy atom. The maximum atomic E-state index is 12.9. The second-order valence-electron chi connectivity index (χ2n) is 6.60. The molecule has 2 fully saturated rings. The van der Waals surface area contributed by atoms with E-state index < -0.39 is 5.54 Å². The van der Waals surface area contributed by atoms with E-state index in [-0.39, 0.29) is 18.5 Å². The van der Waals surface area contributed by atoms with Gasteiger partial charge in [0.1, 0.15) is 10.7 Å². The van der Waals surface area contributed by atoms with Crippen molar-refractivity contribution in [2.75, 3.05) is 0 Å². The van der Waals surface area contributed by atoms with Crippen LogP contribution in [0.4, 0.5) is 4.79 Å². The van der Waals surface area contributed by atoms with Gasteiger partial charge in [0.05, 0.1) is 12.1 Å². The summed E-state index contributed by atoms with van der Waals surface area (Å²) in [7, 11) is 0. The van der Waals surface area contributed by atoms with Crippen molar-refractivity contribution in [2.24, 2.45) is 0 Å².